The Hall–Kier alpha value is -4.14. The molecule has 0 aliphatic carbocycles. The van der Waals surface area contributed by atoms with Crippen LogP contribution in [0.2, 0.25) is 0 Å². The van der Waals surface area contributed by atoms with Gasteiger partial charge in [0.15, 0.2) is 5.69 Å². The number of nitrogen functional groups attached to an aromatic ring is 1. The highest BCUT2D eigenvalue weighted by molar-refractivity contribution is 6.08. The summed E-state index contributed by atoms with van der Waals surface area (Å²) in [7, 11) is 0. The molecule has 190 valence electrons. The van der Waals surface area contributed by atoms with Gasteiger partial charge in [-0.1, -0.05) is 51.3 Å². The number of benzene rings is 2. The standard InChI is InChI=1S/C27H33N5O4/c1-3-5-10-18-31(22-23(28)32(17-6-4-2)27(36)30-25(22)34)26(35)20-13-15-21(16-14-20)29-24(33)19-11-8-7-9-12-19/h7-9,11-16H,3-6,10,17-18,28H2,1-2H3,(H,29,33)(H,30,34,36). The van der Waals surface area contributed by atoms with Crippen molar-refractivity contribution in [1.82, 2.24) is 9.55 Å². The van der Waals surface area contributed by atoms with Gasteiger partial charge in [0.1, 0.15) is 5.82 Å². The highest BCUT2D eigenvalue weighted by Gasteiger charge is 2.25. The first-order valence-electron chi connectivity index (χ1n) is 12.3. The normalized spacial score (nSPS) is 10.7. The van der Waals surface area contributed by atoms with Crippen molar-refractivity contribution in [2.75, 3.05) is 22.5 Å². The smallest absolute Gasteiger partial charge is 0.330 e. The number of aromatic amines is 1. The summed E-state index contributed by atoms with van der Waals surface area (Å²) in [5, 5.41) is 2.80. The van der Waals surface area contributed by atoms with E-state index in [1.165, 1.54) is 9.47 Å². The zero-order valence-corrected chi connectivity index (χ0v) is 20.8. The van der Waals surface area contributed by atoms with Crippen molar-refractivity contribution >= 4 is 29.0 Å². The molecule has 0 fully saturated rings. The second-order valence-electron chi connectivity index (χ2n) is 8.56. The van der Waals surface area contributed by atoms with E-state index in [4.69, 9.17) is 5.73 Å². The quantitative estimate of drug-likeness (QED) is 0.349. The van der Waals surface area contributed by atoms with Gasteiger partial charge in [-0.15, -0.1) is 0 Å². The SMILES string of the molecule is CCCCCN(C(=O)c1ccc(NC(=O)c2ccccc2)cc1)c1c(N)n(CCCC)c(=O)[nH]c1=O. The summed E-state index contributed by atoms with van der Waals surface area (Å²) >= 11 is 0. The Balaban J connectivity index is 1.91. The summed E-state index contributed by atoms with van der Waals surface area (Å²) in [6.45, 7) is 4.65. The number of anilines is 3. The number of nitrogens with one attached hydrogen (secondary N) is 2. The van der Waals surface area contributed by atoms with E-state index < -0.39 is 17.2 Å². The third-order valence-electron chi connectivity index (χ3n) is 5.88. The number of hydrogen-bond donors (Lipinski definition) is 3. The number of rotatable bonds is 11. The molecule has 0 radical (unpaired) electrons. The number of carbonyl (C=O) groups excluding carboxylic acids is 2. The number of aromatic nitrogens is 2. The maximum Gasteiger partial charge on any atom is 0.330 e. The summed E-state index contributed by atoms with van der Waals surface area (Å²) in [6, 6.07) is 15.3. The molecule has 0 spiro atoms. The minimum Gasteiger partial charge on any atom is -0.383 e. The number of hydrogen-bond acceptors (Lipinski definition) is 5. The second kappa shape index (κ2) is 12.5. The fourth-order valence-corrected chi connectivity index (χ4v) is 3.86. The van der Waals surface area contributed by atoms with Gasteiger partial charge < -0.3 is 16.0 Å². The van der Waals surface area contributed by atoms with Crippen LogP contribution in [-0.4, -0.2) is 27.9 Å². The van der Waals surface area contributed by atoms with E-state index in [2.05, 4.69) is 10.3 Å². The van der Waals surface area contributed by atoms with Gasteiger partial charge in [0.2, 0.25) is 0 Å². The molecule has 1 heterocycles. The molecule has 0 aliphatic heterocycles. The van der Waals surface area contributed by atoms with Crippen LogP contribution < -0.4 is 27.2 Å². The Bertz CT molecular complexity index is 1300. The van der Waals surface area contributed by atoms with Crippen LogP contribution in [0.1, 0.15) is 66.7 Å². The predicted octanol–water partition coefficient (Wildman–Crippen LogP) is 4.01. The number of nitrogens with two attached hydrogens (primary N) is 1. The molecule has 1 aromatic heterocycles. The lowest BCUT2D eigenvalue weighted by Crippen LogP contribution is -2.41. The molecular formula is C27H33N5O4. The molecule has 0 unspecified atom stereocenters. The molecule has 4 N–H and O–H groups in total. The molecular weight excluding hydrogens is 458 g/mol. The van der Waals surface area contributed by atoms with Gasteiger partial charge >= 0.3 is 5.69 Å². The van der Waals surface area contributed by atoms with E-state index in [-0.39, 0.29) is 24.0 Å². The Morgan fingerprint density at radius 3 is 2.22 bits per heavy atom. The average Bonchev–Trinajstić information content (AvgIpc) is 2.88. The second-order valence-corrected chi connectivity index (χ2v) is 8.56. The number of carbonyl (C=O) groups is 2. The van der Waals surface area contributed by atoms with E-state index in [1.54, 1.807) is 48.5 Å². The van der Waals surface area contributed by atoms with Crippen molar-refractivity contribution in [2.24, 2.45) is 0 Å². The molecule has 9 nitrogen and oxygen atoms in total. The van der Waals surface area contributed by atoms with Crippen LogP contribution in [0.5, 0.6) is 0 Å². The van der Waals surface area contributed by atoms with Gasteiger partial charge in [0.05, 0.1) is 0 Å². The fourth-order valence-electron chi connectivity index (χ4n) is 3.86. The first-order chi connectivity index (χ1) is 17.4. The number of amides is 2. The summed E-state index contributed by atoms with van der Waals surface area (Å²) in [4.78, 5) is 54.8. The van der Waals surface area contributed by atoms with Gasteiger partial charge in [0, 0.05) is 29.9 Å². The van der Waals surface area contributed by atoms with E-state index >= 15 is 0 Å². The van der Waals surface area contributed by atoms with E-state index in [1.807, 2.05) is 19.9 Å². The lowest BCUT2D eigenvalue weighted by atomic mass is 10.1. The van der Waals surface area contributed by atoms with Crippen LogP contribution >= 0.6 is 0 Å². The zero-order valence-electron chi connectivity index (χ0n) is 20.8. The first kappa shape index (κ1) is 26.5. The van der Waals surface area contributed by atoms with Crippen LogP contribution in [0.15, 0.2) is 64.2 Å². The Morgan fingerprint density at radius 2 is 1.58 bits per heavy atom. The third kappa shape index (κ3) is 6.29. The van der Waals surface area contributed by atoms with E-state index in [9.17, 15) is 19.2 Å². The third-order valence-corrected chi connectivity index (χ3v) is 5.88. The molecule has 0 bridgehead atoms. The summed E-state index contributed by atoms with van der Waals surface area (Å²) < 4.78 is 1.31. The number of nitrogens with zero attached hydrogens (tertiary/aromatic N) is 2. The minimum atomic E-state index is -0.693. The van der Waals surface area contributed by atoms with Crippen molar-refractivity contribution in [1.29, 1.82) is 0 Å². The molecule has 3 rings (SSSR count). The van der Waals surface area contributed by atoms with Crippen molar-refractivity contribution < 1.29 is 9.59 Å². The molecule has 2 aromatic carbocycles. The van der Waals surface area contributed by atoms with Gasteiger partial charge in [-0.2, -0.15) is 0 Å². The highest BCUT2D eigenvalue weighted by Crippen LogP contribution is 2.22. The highest BCUT2D eigenvalue weighted by atomic mass is 16.2. The lowest BCUT2D eigenvalue weighted by Gasteiger charge is -2.25. The molecule has 36 heavy (non-hydrogen) atoms. The van der Waals surface area contributed by atoms with Crippen molar-refractivity contribution in [3.8, 4) is 0 Å². The van der Waals surface area contributed by atoms with Crippen molar-refractivity contribution in [3.63, 3.8) is 0 Å². The molecule has 0 aliphatic rings. The zero-order chi connectivity index (χ0) is 26.1. The Labute approximate surface area is 210 Å². The van der Waals surface area contributed by atoms with Crippen LogP contribution in [0.4, 0.5) is 17.2 Å². The van der Waals surface area contributed by atoms with Crippen LogP contribution in [0, 0.1) is 0 Å². The monoisotopic (exact) mass is 491 g/mol. The lowest BCUT2D eigenvalue weighted by molar-refractivity contribution is 0.0985. The van der Waals surface area contributed by atoms with Crippen LogP contribution in [-0.2, 0) is 6.54 Å². The Kier molecular flexibility index (Phi) is 9.21. The van der Waals surface area contributed by atoms with Crippen molar-refractivity contribution in [2.45, 2.75) is 52.5 Å². The molecule has 9 heteroatoms. The van der Waals surface area contributed by atoms with E-state index in [0.29, 0.717) is 36.2 Å². The maximum absolute atomic E-state index is 13.6. The number of H-pyrrole nitrogens is 1. The van der Waals surface area contributed by atoms with Gasteiger partial charge in [-0.25, -0.2) is 4.79 Å². The average molecular weight is 492 g/mol. The summed E-state index contributed by atoms with van der Waals surface area (Å²) in [5.74, 6) is -0.691. The molecule has 3 aromatic rings. The largest absolute Gasteiger partial charge is 0.383 e. The molecule has 2 amide bonds. The predicted molar refractivity (Wildman–Crippen MR) is 143 cm³/mol. The fraction of sp³-hybridized carbons (Fsp3) is 0.333. The van der Waals surface area contributed by atoms with Gasteiger partial charge in [-0.3, -0.25) is 23.9 Å². The Morgan fingerprint density at radius 1 is 0.917 bits per heavy atom. The number of unbranched alkanes of at least 4 members (excludes halogenated alkanes) is 3. The van der Waals surface area contributed by atoms with Crippen LogP contribution in [0.3, 0.4) is 0 Å². The van der Waals surface area contributed by atoms with Crippen LogP contribution in [0.25, 0.3) is 0 Å². The summed E-state index contributed by atoms with van der Waals surface area (Å²) in [6.07, 6.45) is 4.00. The molecule has 0 saturated carbocycles. The maximum atomic E-state index is 13.6. The summed E-state index contributed by atoms with van der Waals surface area (Å²) in [5.41, 5.74) is 6.36. The van der Waals surface area contributed by atoms with Gasteiger partial charge in [-0.05, 0) is 49.2 Å². The van der Waals surface area contributed by atoms with Gasteiger partial charge in [0.25, 0.3) is 17.4 Å². The molecule has 0 atom stereocenters. The molecule has 0 saturated heterocycles. The topological polar surface area (TPSA) is 130 Å². The minimum absolute atomic E-state index is 0.0196. The first-order valence-corrected chi connectivity index (χ1v) is 12.3. The van der Waals surface area contributed by atoms with Crippen molar-refractivity contribution in [3.05, 3.63) is 86.6 Å². The van der Waals surface area contributed by atoms with E-state index in [0.717, 1.165) is 19.3 Å².